The van der Waals surface area contributed by atoms with Gasteiger partial charge in [-0.1, -0.05) is 0 Å². The Morgan fingerprint density at radius 2 is 1.76 bits per heavy atom. The average Bonchev–Trinajstić information content (AvgIpc) is 2.10. The van der Waals surface area contributed by atoms with Crippen LogP contribution in [0.25, 0.3) is 0 Å². The first kappa shape index (κ1) is 12.5. The van der Waals surface area contributed by atoms with Crippen molar-refractivity contribution in [3.05, 3.63) is 29.1 Å². The largest absolute Gasteiger partial charge is 0.325 e. The number of benzene rings is 1. The van der Waals surface area contributed by atoms with Crippen LogP contribution in [-0.2, 0) is 10.0 Å². The van der Waals surface area contributed by atoms with E-state index in [-0.39, 0.29) is 10.9 Å². The average molecular weight is 258 g/mol. The van der Waals surface area contributed by atoms with Crippen molar-refractivity contribution in [3.63, 3.8) is 0 Å². The minimum atomic E-state index is -3.53. The van der Waals surface area contributed by atoms with E-state index in [0.717, 1.165) is 0 Å². The van der Waals surface area contributed by atoms with Crippen molar-refractivity contribution in [1.82, 2.24) is 4.31 Å². The van der Waals surface area contributed by atoms with Gasteiger partial charge in [-0.3, -0.25) is 0 Å². The summed E-state index contributed by atoms with van der Waals surface area (Å²) in [5.74, 6) is -0.417. The van der Waals surface area contributed by atoms with Gasteiger partial charge in [-0.05, 0) is 37.1 Å². The summed E-state index contributed by atoms with van der Waals surface area (Å²) in [5, 5.41) is 0. The highest BCUT2D eigenvalue weighted by Crippen LogP contribution is 2.27. The second kappa shape index (κ2) is 4.04. The number of sulfonamides is 1. The monoisotopic (exact) mass is 258 g/mol. The molecule has 1 fully saturated rings. The van der Waals surface area contributed by atoms with Crippen LogP contribution < -0.4 is 5.73 Å². The highest BCUT2D eigenvalue weighted by molar-refractivity contribution is 7.89. The fourth-order valence-corrected chi connectivity index (χ4v) is 4.06. The fraction of sp³-hybridized carbons (Fsp3) is 0.455. The third-order valence-corrected chi connectivity index (χ3v) is 5.04. The Hall–Kier alpha value is -0.980. The molecule has 6 heteroatoms. The minimum absolute atomic E-state index is 0.0918. The predicted molar refractivity (Wildman–Crippen MR) is 62.6 cm³/mol. The number of halogens is 1. The normalized spacial score (nSPS) is 18.1. The van der Waals surface area contributed by atoms with Gasteiger partial charge >= 0.3 is 0 Å². The molecule has 1 aliphatic rings. The molecule has 0 spiro atoms. The molecule has 0 radical (unpaired) electrons. The Morgan fingerprint density at radius 3 is 2.18 bits per heavy atom. The Labute approximate surface area is 100 Å². The fourth-order valence-electron chi connectivity index (χ4n) is 2.10. The summed E-state index contributed by atoms with van der Waals surface area (Å²) in [7, 11) is -3.53. The molecule has 2 rings (SSSR count). The van der Waals surface area contributed by atoms with Crippen molar-refractivity contribution in [3.8, 4) is 0 Å². The Kier molecular flexibility index (Phi) is 2.97. The highest BCUT2D eigenvalue weighted by Gasteiger charge is 2.36. The molecule has 0 bridgehead atoms. The maximum Gasteiger partial charge on any atom is 0.243 e. The molecule has 4 nitrogen and oxygen atoms in total. The summed E-state index contributed by atoms with van der Waals surface area (Å²) in [4.78, 5) is 0.200. The van der Waals surface area contributed by atoms with Crippen molar-refractivity contribution in [1.29, 1.82) is 0 Å². The smallest absolute Gasteiger partial charge is 0.243 e. The van der Waals surface area contributed by atoms with E-state index in [4.69, 9.17) is 5.73 Å². The van der Waals surface area contributed by atoms with Crippen LogP contribution >= 0.6 is 0 Å². The highest BCUT2D eigenvalue weighted by atomic mass is 32.2. The molecule has 94 valence electrons. The Bertz CT molecular complexity index is 528. The number of nitrogens with two attached hydrogens (primary N) is 1. The first-order valence-electron chi connectivity index (χ1n) is 5.35. The van der Waals surface area contributed by atoms with E-state index in [9.17, 15) is 12.8 Å². The molecule has 0 unspecified atom stereocenters. The summed E-state index contributed by atoms with van der Waals surface area (Å²) < 4.78 is 39.0. The zero-order valence-corrected chi connectivity index (χ0v) is 10.6. The van der Waals surface area contributed by atoms with Crippen molar-refractivity contribution in [2.75, 3.05) is 13.1 Å². The van der Waals surface area contributed by atoms with Gasteiger partial charge in [0, 0.05) is 19.1 Å². The maximum atomic E-state index is 13.1. The van der Waals surface area contributed by atoms with Crippen molar-refractivity contribution >= 4 is 10.0 Å². The molecule has 0 atom stereocenters. The van der Waals surface area contributed by atoms with Crippen LogP contribution in [0.3, 0.4) is 0 Å². The van der Waals surface area contributed by atoms with Crippen LogP contribution in [0.1, 0.15) is 11.1 Å². The van der Waals surface area contributed by atoms with Crippen LogP contribution in [0.4, 0.5) is 4.39 Å². The van der Waals surface area contributed by atoms with Gasteiger partial charge in [0.15, 0.2) is 0 Å². The summed E-state index contributed by atoms with van der Waals surface area (Å²) in [6.07, 6.45) is 0. The quantitative estimate of drug-likeness (QED) is 0.852. The molecule has 1 aromatic carbocycles. The summed E-state index contributed by atoms with van der Waals surface area (Å²) >= 11 is 0. The van der Waals surface area contributed by atoms with Crippen LogP contribution in [-0.4, -0.2) is 31.9 Å². The number of rotatable bonds is 2. The molecule has 0 aliphatic carbocycles. The summed E-state index contributed by atoms with van der Waals surface area (Å²) in [5.41, 5.74) is 6.44. The standard InChI is InChI=1S/C11H15FN2O2S/c1-7-3-9(12)4-8(2)11(7)17(15,16)14-5-10(13)6-14/h3-4,10H,5-6,13H2,1-2H3. The molecule has 1 aromatic rings. The molecule has 0 amide bonds. The lowest BCUT2D eigenvalue weighted by Crippen LogP contribution is -2.57. The maximum absolute atomic E-state index is 13.1. The molecule has 2 N–H and O–H groups in total. The zero-order valence-electron chi connectivity index (χ0n) is 9.77. The van der Waals surface area contributed by atoms with E-state index >= 15 is 0 Å². The van der Waals surface area contributed by atoms with Gasteiger partial charge in [0.1, 0.15) is 5.82 Å². The topological polar surface area (TPSA) is 63.4 Å². The van der Waals surface area contributed by atoms with Crippen LogP contribution in [0.2, 0.25) is 0 Å². The van der Waals surface area contributed by atoms with E-state index in [1.165, 1.54) is 16.4 Å². The zero-order chi connectivity index (χ0) is 12.8. The van der Waals surface area contributed by atoms with Crippen LogP contribution in [0, 0.1) is 19.7 Å². The van der Waals surface area contributed by atoms with E-state index in [1.807, 2.05) is 0 Å². The van der Waals surface area contributed by atoms with Gasteiger partial charge in [0.05, 0.1) is 4.90 Å². The Morgan fingerprint density at radius 1 is 1.29 bits per heavy atom. The van der Waals surface area contributed by atoms with Gasteiger partial charge in [-0.25, -0.2) is 12.8 Å². The number of aryl methyl sites for hydroxylation is 2. The lowest BCUT2D eigenvalue weighted by Gasteiger charge is -2.36. The number of hydrogen-bond donors (Lipinski definition) is 1. The second-order valence-electron chi connectivity index (χ2n) is 4.45. The van der Waals surface area contributed by atoms with Gasteiger partial charge in [0.25, 0.3) is 0 Å². The van der Waals surface area contributed by atoms with Gasteiger partial charge in [0.2, 0.25) is 10.0 Å². The predicted octanol–water partition coefficient (Wildman–Crippen LogP) is 0.774. The van der Waals surface area contributed by atoms with Crippen molar-refractivity contribution in [2.45, 2.75) is 24.8 Å². The number of hydrogen-bond acceptors (Lipinski definition) is 3. The second-order valence-corrected chi connectivity index (χ2v) is 6.33. The van der Waals surface area contributed by atoms with Crippen molar-refractivity contribution < 1.29 is 12.8 Å². The van der Waals surface area contributed by atoms with E-state index in [2.05, 4.69) is 0 Å². The summed E-state index contributed by atoms with van der Waals surface area (Å²) in [6, 6.07) is 2.38. The van der Waals surface area contributed by atoms with Crippen LogP contribution in [0.5, 0.6) is 0 Å². The molecular formula is C11H15FN2O2S. The molecule has 1 aliphatic heterocycles. The first-order chi connectivity index (χ1) is 7.82. The van der Waals surface area contributed by atoms with Gasteiger partial charge in [-0.15, -0.1) is 0 Å². The van der Waals surface area contributed by atoms with Crippen molar-refractivity contribution in [2.24, 2.45) is 5.73 Å². The third kappa shape index (κ3) is 2.08. The first-order valence-corrected chi connectivity index (χ1v) is 6.79. The van der Waals surface area contributed by atoms with E-state index in [1.54, 1.807) is 13.8 Å². The van der Waals surface area contributed by atoms with Crippen LogP contribution in [0.15, 0.2) is 17.0 Å². The Balaban J connectivity index is 2.47. The lowest BCUT2D eigenvalue weighted by molar-refractivity contribution is 0.265. The summed E-state index contributed by atoms with van der Waals surface area (Å²) in [6.45, 7) is 3.86. The van der Waals surface area contributed by atoms with Gasteiger partial charge in [-0.2, -0.15) is 4.31 Å². The lowest BCUT2D eigenvalue weighted by atomic mass is 10.1. The SMILES string of the molecule is Cc1cc(F)cc(C)c1S(=O)(=O)N1CC(N)C1. The molecule has 1 saturated heterocycles. The third-order valence-electron chi connectivity index (χ3n) is 2.90. The molecule has 17 heavy (non-hydrogen) atoms. The molecule has 0 saturated carbocycles. The minimum Gasteiger partial charge on any atom is -0.325 e. The molecule has 0 aromatic heterocycles. The molecular weight excluding hydrogens is 243 g/mol. The van der Waals surface area contributed by atoms with Gasteiger partial charge < -0.3 is 5.73 Å². The number of nitrogens with zero attached hydrogens (tertiary/aromatic N) is 1. The van der Waals surface area contributed by atoms with E-state index < -0.39 is 15.8 Å². The molecule has 1 heterocycles. The van der Waals surface area contributed by atoms with E-state index in [0.29, 0.717) is 24.2 Å².